The minimum atomic E-state index is -0.537. The number of aromatic nitrogens is 1. The van der Waals surface area contributed by atoms with E-state index >= 15 is 0 Å². The molecule has 1 fully saturated rings. The molecule has 1 unspecified atom stereocenters. The quantitative estimate of drug-likeness (QED) is 0.792. The zero-order valence-electron chi connectivity index (χ0n) is 17.1. The minimum Gasteiger partial charge on any atom is -0.350 e. The average molecular weight is 413 g/mol. The number of halogens is 1. The fourth-order valence-electron chi connectivity index (χ4n) is 3.59. The van der Waals surface area contributed by atoms with Crippen LogP contribution in [0, 0.1) is 5.82 Å². The molecule has 0 aliphatic carbocycles. The number of nitrogens with one attached hydrogen (secondary N) is 2. The highest BCUT2D eigenvalue weighted by molar-refractivity contribution is 5.87. The Morgan fingerprint density at radius 1 is 1.07 bits per heavy atom. The van der Waals surface area contributed by atoms with Crippen molar-refractivity contribution in [1.29, 1.82) is 0 Å². The number of carbonyl (C=O) groups is 2. The molecule has 1 aliphatic heterocycles. The summed E-state index contributed by atoms with van der Waals surface area (Å²) in [5.41, 5.74) is 2.00. The average Bonchev–Trinajstić information content (AvgIpc) is 2.79. The SMILES string of the molecule is O=C1CCN(Cc2ccncc2)CCCCCC(C(=O)NCc2ccc(F)cc2)N1. The first kappa shape index (κ1) is 21.9. The summed E-state index contributed by atoms with van der Waals surface area (Å²) in [5.74, 6) is -0.613. The van der Waals surface area contributed by atoms with Crippen molar-refractivity contribution < 1.29 is 14.0 Å². The molecule has 1 atom stereocenters. The van der Waals surface area contributed by atoms with Gasteiger partial charge in [0.15, 0.2) is 0 Å². The molecule has 0 saturated carbocycles. The van der Waals surface area contributed by atoms with Gasteiger partial charge in [0.05, 0.1) is 0 Å². The number of rotatable bonds is 5. The summed E-state index contributed by atoms with van der Waals surface area (Å²) in [4.78, 5) is 31.4. The van der Waals surface area contributed by atoms with E-state index in [1.54, 1.807) is 24.5 Å². The number of carbonyl (C=O) groups excluding carboxylic acids is 2. The molecule has 160 valence electrons. The van der Waals surface area contributed by atoms with E-state index in [0.717, 1.165) is 37.9 Å². The third kappa shape index (κ3) is 7.22. The Labute approximate surface area is 176 Å². The molecule has 2 aromatic rings. The van der Waals surface area contributed by atoms with Gasteiger partial charge in [0.1, 0.15) is 11.9 Å². The molecule has 1 aromatic heterocycles. The molecular formula is C23H29FN4O2. The van der Waals surface area contributed by atoms with E-state index in [1.165, 1.54) is 17.7 Å². The minimum absolute atomic E-state index is 0.112. The van der Waals surface area contributed by atoms with Gasteiger partial charge in [-0.2, -0.15) is 0 Å². The van der Waals surface area contributed by atoms with E-state index in [0.29, 0.717) is 25.9 Å². The van der Waals surface area contributed by atoms with E-state index in [1.807, 2.05) is 12.1 Å². The molecule has 2 heterocycles. The lowest BCUT2D eigenvalue weighted by Gasteiger charge is -2.22. The summed E-state index contributed by atoms with van der Waals surface area (Å²) >= 11 is 0. The highest BCUT2D eigenvalue weighted by Crippen LogP contribution is 2.11. The Kier molecular flexibility index (Phi) is 8.32. The van der Waals surface area contributed by atoms with E-state index in [2.05, 4.69) is 20.5 Å². The summed E-state index contributed by atoms with van der Waals surface area (Å²) in [5, 5.41) is 5.75. The lowest BCUT2D eigenvalue weighted by Crippen LogP contribution is -2.47. The van der Waals surface area contributed by atoms with Crippen LogP contribution in [0.25, 0.3) is 0 Å². The molecule has 1 saturated heterocycles. The second-order valence-electron chi connectivity index (χ2n) is 7.70. The molecule has 7 heteroatoms. The maximum absolute atomic E-state index is 13.0. The van der Waals surface area contributed by atoms with E-state index in [9.17, 15) is 14.0 Å². The number of hydrogen-bond donors (Lipinski definition) is 2. The van der Waals surface area contributed by atoms with E-state index in [4.69, 9.17) is 0 Å². The van der Waals surface area contributed by atoms with Crippen molar-refractivity contribution in [2.75, 3.05) is 13.1 Å². The molecule has 0 bridgehead atoms. The maximum atomic E-state index is 13.0. The molecular weight excluding hydrogens is 383 g/mol. The molecule has 2 amide bonds. The third-order valence-corrected chi connectivity index (χ3v) is 5.31. The lowest BCUT2D eigenvalue weighted by atomic mass is 10.1. The van der Waals surface area contributed by atoms with Crippen molar-refractivity contribution in [3.05, 3.63) is 65.7 Å². The zero-order valence-corrected chi connectivity index (χ0v) is 17.1. The summed E-state index contributed by atoms with van der Waals surface area (Å²) in [7, 11) is 0. The second-order valence-corrected chi connectivity index (χ2v) is 7.70. The summed E-state index contributed by atoms with van der Waals surface area (Å²) < 4.78 is 13.0. The summed E-state index contributed by atoms with van der Waals surface area (Å²) in [6.07, 6.45) is 7.44. The van der Waals surface area contributed by atoms with Crippen LogP contribution in [0.3, 0.4) is 0 Å². The van der Waals surface area contributed by atoms with Crippen LogP contribution in [0.2, 0.25) is 0 Å². The van der Waals surface area contributed by atoms with Gasteiger partial charge in [-0.15, -0.1) is 0 Å². The Morgan fingerprint density at radius 3 is 2.60 bits per heavy atom. The van der Waals surface area contributed by atoms with Crippen molar-refractivity contribution in [2.45, 2.75) is 51.2 Å². The highest BCUT2D eigenvalue weighted by atomic mass is 19.1. The molecule has 6 nitrogen and oxygen atoms in total. The molecule has 1 aliphatic rings. The van der Waals surface area contributed by atoms with Gasteiger partial charge >= 0.3 is 0 Å². The maximum Gasteiger partial charge on any atom is 0.242 e. The monoisotopic (exact) mass is 412 g/mol. The lowest BCUT2D eigenvalue weighted by molar-refractivity contribution is -0.129. The Bertz CT molecular complexity index is 814. The number of hydrogen-bond acceptors (Lipinski definition) is 4. The number of pyridine rings is 1. The second kappa shape index (κ2) is 11.4. The van der Waals surface area contributed by atoms with Gasteiger partial charge in [0.25, 0.3) is 0 Å². The topological polar surface area (TPSA) is 74.3 Å². The molecule has 2 N–H and O–H groups in total. The predicted octanol–water partition coefficient (Wildman–Crippen LogP) is 2.79. The molecule has 0 spiro atoms. The van der Waals surface area contributed by atoms with Crippen LogP contribution in [0.15, 0.2) is 48.8 Å². The fraction of sp³-hybridized carbons (Fsp3) is 0.435. The normalized spacial score (nSPS) is 18.8. The van der Waals surface area contributed by atoms with Gasteiger partial charge in [0, 0.05) is 38.4 Å². The zero-order chi connectivity index (χ0) is 21.2. The number of nitrogens with zero attached hydrogens (tertiary/aromatic N) is 2. The van der Waals surface area contributed by atoms with Gasteiger partial charge in [-0.25, -0.2) is 4.39 Å². The third-order valence-electron chi connectivity index (χ3n) is 5.31. The van der Waals surface area contributed by atoms with Crippen LogP contribution in [0.1, 0.15) is 43.2 Å². The molecule has 1 aromatic carbocycles. The fourth-order valence-corrected chi connectivity index (χ4v) is 3.59. The first-order chi connectivity index (χ1) is 14.6. The van der Waals surface area contributed by atoms with Gasteiger partial charge in [-0.1, -0.05) is 25.0 Å². The van der Waals surface area contributed by atoms with Crippen LogP contribution < -0.4 is 10.6 Å². The Morgan fingerprint density at radius 2 is 1.83 bits per heavy atom. The highest BCUT2D eigenvalue weighted by Gasteiger charge is 2.21. The van der Waals surface area contributed by atoms with Gasteiger partial charge in [-0.05, 0) is 54.8 Å². The first-order valence-corrected chi connectivity index (χ1v) is 10.5. The van der Waals surface area contributed by atoms with Crippen molar-refractivity contribution >= 4 is 11.8 Å². The van der Waals surface area contributed by atoms with Crippen LogP contribution in [0.4, 0.5) is 4.39 Å². The largest absolute Gasteiger partial charge is 0.350 e. The molecule has 0 radical (unpaired) electrons. The summed E-state index contributed by atoms with van der Waals surface area (Å²) in [6.45, 7) is 2.68. The van der Waals surface area contributed by atoms with Gasteiger partial charge < -0.3 is 10.6 Å². The van der Waals surface area contributed by atoms with E-state index < -0.39 is 6.04 Å². The standard InChI is InChI=1S/C23H29FN4O2/c24-20-7-5-18(6-8-20)16-26-23(30)21-4-2-1-3-14-28(15-11-22(29)27-21)17-19-9-12-25-13-10-19/h5-10,12-13,21H,1-4,11,14-17H2,(H,26,30)(H,27,29). The van der Waals surface area contributed by atoms with Gasteiger partial charge in [-0.3, -0.25) is 19.5 Å². The van der Waals surface area contributed by atoms with Crippen molar-refractivity contribution in [3.63, 3.8) is 0 Å². The molecule has 30 heavy (non-hydrogen) atoms. The van der Waals surface area contributed by atoms with Crippen LogP contribution in [-0.2, 0) is 22.7 Å². The van der Waals surface area contributed by atoms with Crippen LogP contribution in [0.5, 0.6) is 0 Å². The first-order valence-electron chi connectivity index (χ1n) is 10.5. The van der Waals surface area contributed by atoms with E-state index in [-0.39, 0.29) is 17.6 Å². The van der Waals surface area contributed by atoms with Crippen LogP contribution >= 0.6 is 0 Å². The van der Waals surface area contributed by atoms with Crippen LogP contribution in [-0.4, -0.2) is 40.8 Å². The smallest absolute Gasteiger partial charge is 0.242 e. The predicted molar refractivity (Wildman–Crippen MR) is 113 cm³/mol. The number of amides is 2. The Hall–Kier alpha value is -2.80. The molecule has 3 rings (SSSR count). The Balaban J connectivity index is 1.52. The van der Waals surface area contributed by atoms with Gasteiger partial charge in [0.2, 0.25) is 11.8 Å². The number of benzene rings is 1. The van der Waals surface area contributed by atoms with Crippen molar-refractivity contribution in [3.8, 4) is 0 Å². The van der Waals surface area contributed by atoms with Crippen molar-refractivity contribution in [1.82, 2.24) is 20.5 Å². The van der Waals surface area contributed by atoms with Crippen molar-refractivity contribution in [2.24, 2.45) is 0 Å². The summed E-state index contributed by atoms with van der Waals surface area (Å²) in [6, 6.07) is 9.47.